The zero-order valence-electron chi connectivity index (χ0n) is 11.8. The molecule has 1 aromatic carbocycles. The first-order valence-corrected chi connectivity index (χ1v) is 6.40. The Kier molecular flexibility index (Phi) is 4.42. The first kappa shape index (κ1) is 14.8. The number of hydrogen-bond acceptors (Lipinski definition) is 5. The van der Waals surface area contributed by atoms with Crippen LogP contribution in [0.3, 0.4) is 0 Å². The summed E-state index contributed by atoms with van der Waals surface area (Å²) in [5.41, 5.74) is 0.497. The first-order chi connectivity index (χ1) is 10.0. The van der Waals surface area contributed by atoms with E-state index in [-0.39, 0.29) is 31.2 Å². The molecule has 7 nitrogen and oxygen atoms in total. The second kappa shape index (κ2) is 6.25. The number of carbonyl (C=O) groups excluding carboxylic acids is 3. The van der Waals surface area contributed by atoms with Crippen molar-refractivity contribution in [3.05, 3.63) is 18.2 Å². The minimum atomic E-state index is -0.439. The number of carbonyl (C=O) groups is 3. The smallest absolute Gasteiger partial charge is 0.244 e. The van der Waals surface area contributed by atoms with E-state index in [1.807, 2.05) is 0 Å². The Bertz CT molecular complexity index is 569. The zero-order valence-corrected chi connectivity index (χ0v) is 11.8. The Morgan fingerprint density at radius 3 is 2.33 bits per heavy atom. The number of methoxy groups -OCH3 is 2. The van der Waals surface area contributed by atoms with Crippen LogP contribution in [-0.4, -0.2) is 43.4 Å². The molecule has 1 aliphatic rings. The summed E-state index contributed by atoms with van der Waals surface area (Å²) in [5.74, 6) is -0.0558. The summed E-state index contributed by atoms with van der Waals surface area (Å²) in [7, 11) is 3.01. The van der Waals surface area contributed by atoms with E-state index in [1.54, 1.807) is 18.2 Å². The number of rotatable bonds is 5. The van der Waals surface area contributed by atoms with Gasteiger partial charge in [-0.2, -0.15) is 0 Å². The van der Waals surface area contributed by atoms with Gasteiger partial charge in [0.25, 0.3) is 0 Å². The van der Waals surface area contributed by atoms with Gasteiger partial charge >= 0.3 is 0 Å². The summed E-state index contributed by atoms with van der Waals surface area (Å²) < 4.78 is 10.2. The van der Waals surface area contributed by atoms with Gasteiger partial charge in [0.1, 0.15) is 6.54 Å². The molecule has 3 amide bonds. The third-order valence-electron chi connectivity index (χ3n) is 3.12. The van der Waals surface area contributed by atoms with Crippen molar-refractivity contribution in [2.45, 2.75) is 12.8 Å². The van der Waals surface area contributed by atoms with Gasteiger partial charge in [0.05, 0.1) is 14.2 Å². The van der Waals surface area contributed by atoms with Crippen LogP contribution in [0.1, 0.15) is 12.8 Å². The monoisotopic (exact) mass is 292 g/mol. The van der Waals surface area contributed by atoms with Crippen LogP contribution in [0.5, 0.6) is 11.5 Å². The van der Waals surface area contributed by atoms with Crippen molar-refractivity contribution in [1.29, 1.82) is 0 Å². The zero-order chi connectivity index (χ0) is 15.4. The number of likely N-dealkylation sites (tertiary alicyclic amines) is 1. The van der Waals surface area contributed by atoms with Crippen LogP contribution in [0, 0.1) is 0 Å². The minimum absolute atomic E-state index is 0.169. The lowest BCUT2D eigenvalue weighted by Gasteiger charge is -2.14. The predicted octanol–water partition coefficient (Wildman–Crippen LogP) is 0.791. The lowest BCUT2D eigenvalue weighted by atomic mass is 10.2. The maximum absolute atomic E-state index is 11.9. The molecule has 7 heteroatoms. The summed E-state index contributed by atoms with van der Waals surface area (Å²) >= 11 is 0. The van der Waals surface area contributed by atoms with E-state index < -0.39 is 5.91 Å². The van der Waals surface area contributed by atoms with Crippen LogP contribution >= 0.6 is 0 Å². The molecule has 1 aromatic rings. The molecule has 1 heterocycles. The molecular formula is C14H16N2O5. The Hall–Kier alpha value is -2.57. The van der Waals surface area contributed by atoms with Crippen molar-refractivity contribution < 1.29 is 23.9 Å². The first-order valence-electron chi connectivity index (χ1n) is 6.40. The number of amides is 3. The molecule has 1 N–H and O–H groups in total. The van der Waals surface area contributed by atoms with Crippen molar-refractivity contribution in [2.75, 3.05) is 26.1 Å². The molecule has 112 valence electrons. The van der Waals surface area contributed by atoms with Gasteiger partial charge in [0.2, 0.25) is 17.7 Å². The third kappa shape index (κ3) is 3.31. The Morgan fingerprint density at radius 1 is 1.14 bits per heavy atom. The van der Waals surface area contributed by atoms with E-state index in [1.165, 1.54) is 14.2 Å². The van der Waals surface area contributed by atoms with Crippen molar-refractivity contribution in [3.63, 3.8) is 0 Å². The van der Waals surface area contributed by atoms with Gasteiger partial charge in [-0.15, -0.1) is 0 Å². The standard InChI is InChI=1S/C14H16N2O5/c1-20-10-4-3-9(7-11(10)21-2)15-12(17)8-16-13(18)5-6-14(16)19/h3-4,7H,5-6,8H2,1-2H3,(H,15,17). The molecule has 0 unspecified atom stereocenters. The van der Waals surface area contributed by atoms with Crippen molar-refractivity contribution in [2.24, 2.45) is 0 Å². The predicted molar refractivity (Wildman–Crippen MR) is 74.1 cm³/mol. The van der Waals surface area contributed by atoms with Gasteiger partial charge in [0, 0.05) is 24.6 Å². The summed E-state index contributed by atoms with van der Waals surface area (Å²) in [5, 5.41) is 2.62. The summed E-state index contributed by atoms with van der Waals surface area (Å²) in [4.78, 5) is 35.7. The van der Waals surface area contributed by atoms with Crippen LogP contribution < -0.4 is 14.8 Å². The molecule has 21 heavy (non-hydrogen) atoms. The normalized spacial score (nSPS) is 14.3. The SMILES string of the molecule is COc1ccc(NC(=O)CN2C(=O)CCC2=O)cc1OC. The summed E-state index contributed by atoms with van der Waals surface area (Å²) in [6.45, 7) is -0.272. The van der Waals surface area contributed by atoms with Crippen LogP contribution in [0.4, 0.5) is 5.69 Å². The highest BCUT2D eigenvalue weighted by Crippen LogP contribution is 2.29. The number of benzene rings is 1. The minimum Gasteiger partial charge on any atom is -0.493 e. The number of hydrogen-bond donors (Lipinski definition) is 1. The molecule has 1 fully saturated rings. The van der Waals surface area contributed by atoms with E-state index in [4.69, 9.17) is 9.47 Å². The Morgan fingerprint density at radius 2 is 1.76 bits per heavy atom. The molecule has 1 aliphatic heterocycles. The maximum Gasteiger partial charge on any atom is 0.244 e. The van der Waals surface area contributed by atoms with E-state index in [2.05, 4.69) is 5.32 Å². The fraction of sp³-hybridized carbons (Fsp3) is 0.357. The molecule has 2 rings (SSSR count). The molecule has 0 aliphatic carbocycles. The van der Waals surface area contributed by atoms with Crippen molar-refractivity contribution in [1.82, 2.24) is 4.90 Å². The molecule has 0 saturated carbocycles. The third-order valence-corrected chi connectivity index (χ3v) is 3.12. The highest BCUT2D eigenvalue weighted by atomic mass is 16.5. The van der Waals surface area contributed by atoms with Gasteiger partial charge in [-0.25, -0.2) is 0 Å². The number of imide groups is 1. The van der Waals surface area contributed by atoms with E-state index >= 15 is 0 Å². The summed E-state index contributed by atoms with van der Waals surface area (Å²) in [6.07, 6.45) is 0.338. The molecule has 0 spiro atoms. The number of anilines is 1. The number of nitrogens with one attached hydrogen (secondary N) is 1. The quantitative estimate of drug-likeness (QED) is 0.811. The van der Waals surface area contributed by atoms with Crippen LogP contribution in [0.15, 0.2) is 18.2 Å². The number of ether oxygens (including phenoxy) is 2. The van der Waals surface area contributed by atoms with Crippen LogP contribution in [0.25, 0.3) is 0 Å². The molecule has 0 bridgehead atoms. The maximum atomic E-state index is 11.9. The lowest BCUT2D eigenvalue weighted by Crippen LogP contribution is -2.36. The largest absolute Gasteiger partial charge is 0.493 e. The fourth-order valence-corrected chi connectivity index (χ4v) is 2.06. The molecule has 0 aromatic heterocycles. The molecule has 0 atom stereocenters. The van der Waals surface area contributed by atoms with E-state index in [9.17, 15) is 14.4 Å². The Labute approximate surface area is 121 Å². The van der Waals surface area contributed by atoms with Crippen LogP contribution in [-0.2, 0) is 14.4 Å². The second-order valence-corrected chi connectivity index (χ2v) is 4.49. The average Bonchev–Trinajstić information content (AvgIpc) is 2.79. The molecular weight excluding hydrogens is 276 g/mol. The Balaban J connectivity index is 2.02. The fourth-order valence-electron chi connectivity index (χ4n) is 2.06. The van der Waals surface area contributed by atoms with Gasteiger partial charge in [-0.1, -0.05) is 0 Å². The highest BCUT2D eigenvalue weighted by molar-refractivity contribution is 6.06. The van der Waals surface area contributed by atoms with Gasteiger partial charge in [0.15, 0.2) is 11.5 Å². The van der Waals surface area contributed by atoms with E-state index in [0.29, 0.717) is 17.2 Å². The lowest BCUT2D eigenvalue weighted by molar-refractivity contribution is -0.141. The highest BCUT2D eigenvalue weighted by Gasteiger charge is 2.30. The van der Waals surface area contributed by atoms with Crippen molar-refractivity contribution in [3.8, 4) is 11.5 Å². The summed E-state index contributed by atoms with van der Waals surface area (Å²) in [6, 6.07) is 4.90. The van der Waals surface area contributed by atoms with Gasteiger partial charge < -0.3 is 14.8 Å². The van der Waals surface area contributed by atoms with Gasteiger partial charge in [-0.05, 0) is 12.1 Å². The van der Waals surface area contributed by atoms with Gasteiger partial charge in [-0.3, -0.25) is 19.3 Å². The molecule has 0 radical (unpaired) electrons. The van der Waals surface area contributed by atoms with Crippen molar-refractivity contribution >= 4 is 23.4 Å². The van der Waals surface area contributed by atoms with Crippen LogP contribution in [0.2, 0.25) is 0 Å². The average molecular weight is 292 g/mol. The second-order valence-electron chi connectivity index (χ2n) is 4.49. The van der Waals surface area contributed by atoms with E-state index in [0.717, 1.165) is 4.90 Å². The number of nitrogens with zero attached hydrogens (tertiary/aromatic N) is 1. The topological polar surface area (TPSA) is 84.9 Å². The molecule has 1 saturated heterocycles.